The molecule has 2 heteroatoms. The van der Waals surface area contributed by atoms with Crippen molar-refractivity contribution in [2.75, 3.05) is 0 Å². The Balaban J connectivity index is 2.17. The number of hydrogen-bond donors (Lipinski definition) is 0. The van der Waals surface area contributed by atoms with Crippen molar-refractivity contribution >= 4 is 6.29 Å². The number of para-hydroxylation sites is 1. The first-order chi connectivity index (χ1) is 9.22. The fourth-order valence-corrected chi connectivity index (χ4v) is 2.03. The molecule has 0 heterocycles. The first kappa shape index (κ1) is 13.3. The number of ether oxygens (including phenoxy) is 1. The maximum Gasteiger partial charge on any atom is 0.150 e. The van der Waals surface area contributed by atoms with E-state index in [4.69, 9.17) is 4.74 Å². The van der Waals surface area contributed by atoms with Crippen LogP contribution in [-0.2, 0) is 6.61 Å². The SMILES string of the molecule is CC(C)c1ccccc1OCc1ccccc1C=O. The molecule has 0 bridgehead atoms. The number of carbonyl (C=O) groups is 1. The smallest absolute Gasteiger partial charge is 0.150 e. The van der Waals surface area contributed by atoms with Gasteiger partial charge >= 0.3 is 0 Å². The lowest BCUT2D eigenvalue weighted by Gasteiger charge is -2.14. The van der Waals surface area contributed by atoms with Crippen LogP contribution in [0.5, 0.6) is 5.75 Å². The molecule has 0 aliphatic rings. The van der Waals surface area contributed by atoms with E-state index in [2.05, 4.69) is 19.9 Å². The van der Waals surface area contributed by atoms with Crippen LogP contribution in [0, 0.1) is 0 Å². The second kappa shape index (κ2) is 6.19. The number of carbonyl (C=O) groups excluding carboxylic acids is 1. The lowest BCUT2D eigenvalue weighted by molar-refractivity contribution is 0.112. The Morgan fingerprint density at radius 1 is 1.05 bits per heavy atom. The van der Waals surface area contributed by atoms with E-state index in [0.717, 1.165) is 17.6 Å². The van der Waals surface area contributed by atoms with Crippen LogP contribution < -0.4 is 4.74 Å². The zero-order valence-electron chi connectivity index (χ0n) is 11.3. The van der Waals surface area contributed by atoms with Gasteiger partial charge in [-0.2, -0.15) is 0 Å². The van der Waals surface area contributed by atoms with Gasteiger partial charge in [0.25, 0.3) is 0 Å². The highest BCUT2D eigenvalue weighted by atomic mass is 16.5. The standard InChI is InChI=1S/C17H18O2/c1-13(2)16-9-5-6-10-17(16)19-12-15-8-4-3-7-14(15)11-18/h3-11,13H,12H2,1-2H3. The van der Waals surface area contributed by atoms with Gasteiger partial charge < -0.3 is 4.74 Å². The number of hydrogen-bond acceptors (Lipinski definition) is 2. The second-order valence-electron chi connectivity index (χ2n) is 4.80. The van der Waals surface area contributed by atoms with Gasteiger partial charge in [0.15, 0.2) is 0 Å². The Kier molecular flexibility index (Phi) is 4.35. The van der Waals surface area contributed by atoms with Gasteiger partial charge in [-0.05, 0) is 23.1 Å². The summed E-state index contributed by atoms with van der Waals surface area (Å²) < 4.78 is 5.87. The van der Waals surface area contributed by atoms with Crippen molar-refractivity contribution in [1.29, 1.82) is 0 Å². The summed E-state index contributed by atoms with van der Waals surface area (Å²) in [6.45, 7) is 4.70. The van der Waals surface area contributed by atoms with E-state index in [9.17, 15) is 4.79 Å². The highest BCUT2D eigenvalue weighted by Crippen LogP contribution is 2.26. The highest BCUT2D eigenvalue weighted by molar-refractivity contribution is 5.77. The van der Waals surface area contributed by atoms with Gasteiger partial charge in [-0.15, -0.1) is 0 Å². The summed E-state index contributed by atoms with van der Waals surface area (Å²) in [6.07, 6.45) is 0.868. The molecule has 0 spiro atoms. The quantitative estimate of drug-likeness (QED) is 0.747. The Hall–Kier alpha value is -2.09. The third-order valence-electron chi connectivity index (χ3n) is 3.11. The average Bonchev–Trinajstić information content (AvgIpc) is 2.45. The van der Waals surface area contributed by atoms with Crippen LogP contribution in [0.2, 0.25) is 0 Å². The lowest BCUT2D eigenvalue weighted by Crippen LogP contribution is -2.02. The molecule has 19 heavy (non-hydrogen) atoms. The van der Waals surface area contributed by atoms with Gasteiger partial charge in [0.05, 0.1) is 0 Å². The number of aldehydes is 1. The van der Waals surface area contributed by atoms with Crippen LogP contribution >= 0.6 is 0 Å². The van der Waals surface area contributed by atoms with Crippen molar-refractivity contribution in [2.45, 2.75) is 26.4 Å². The molecule has 0 saturated carbocycles. The summed E-state index contributed by atoms with van der Waals surface area (Å²) in [4.78, 5) is 11.0. The minimum absolute atomic E-state index is 0.414. The Labute approximate surface area is 114 Å². The van der Waals surface area contributed by atoms with Crippen LogP contribution in [0.1, 0.15) is 41.3 Å². The molecule has 2 aromatic carbocycles. The molecule has 2 rings (SSSR count). The fourth-order valence-electron chi connectivity index (χ4n) is 2.03. The Bertz CT molecular complexity index is 559. The van der Waals surface area contributed by atoms with Gasteiger partial charge in [-0.1, -0.05) is 56.3 Å². The predicted octanol–water partition coefficient (Wildman–Crippen LogP) is 4.20. The van der Waals surface area contributed by atoms with Gasteiger partial charge in [0.2, 0.25) is 0 Å². The highest BCUT2D eigenvalue weighted by Gasteiger charge is 2.08. The molecule has 0 aromatic heterocycles. The topological polar surface area (TPSA) is 26.3 Å². The van der Waals surface area contributed by atoms with Crippen LogP contribution in [0.3, 0.4) is 0 Å². The maximum absolute atomic E-state index is 11.0. The maximum atomic E-state index is 11.0. The normalized spacial score (nSPS) is 10.5. The van der Waals surface area contributed by atoms with Crippen molar-refractivity contribution in [3.63, 3.8) is 0 Å². The van der Waals surface area contributed by atoms with Crippen molar-refractivity contribution in [3.05, 3.63) is 65.2 Å². The van der Waals surface area contributed by atoms with Gasteiger partial charge in [-0.3, -0.25) is 4.79 Å². The van der Waals surface area contributed by atoms with Crippen LogP contribution in [0.4, 0.5) is 0 Å². The predicted molar refractivity (Wildman–Crippen MR) is 76.7 cm³/mol. The summed E-state index contributed by atoms with van der Waals surface area (Å²) in [5.74, 6) is 1.30. The van der Waals surface area contributed by atoms with Crippen molar-refractivity contribution in [2.24, 2.45) is 0 Å². The molecule has 98 valence electrons. The van der Waals surface area contributed by atoms with Crippen molar-refractivity contribution in [1.82, 2.24) is 0 Å². The molecule has 0 aliphatic heterocycles. The molecular formula is C17H18O2. The summed E-state index contributed by atoms with van der Waals surface area (Å²) in [5.41, 5.74) is 2.78. The molecule has 0 amide bonds. The van der Waals surface area contributed by atoms with Crippen LogP contribution in [-0.4, -0.2) is 6.29 Å². The largest absolute Gasteiger partial charge is 0.489 e. The third kappa shape index (κ3) is 3.22. The molecular weight excluding hydrogens is 236 g/mol. The van der Waals surface area contributed by atoms with Gasteiger partial charge in [-0.25, -0.2) is 0 Å². The zero-order chi connectivity index (χ0) is 13.7. The number of benzene rings is 2. The summed E-state index contributed by atoms with van der Waals surface area (Å²) in [5, 5.41) is 0. The molecule has 0 radical (unpaired) electrons. The number of rotatable bonds is 5. The van der Waals surface area contributed by atoms with E-state index in [0.29, 0.717) is 18.1 Å². The van der Waals surface area contributed by atoms with E-state index >= 15 is 0 Å². The van der Waals surface area contributed by atoms with Gasteiger partial charge in [0, 0.05) is 5.56 Å². The van der Waals surface area contributed by atoms with Gasteiger partial charge in [0.1, 0.15) is 18.6 Å². The fraction of sp³-hybridized carbons (Fsp3) is 0.235. The Morgan fingerprint density at radius 3 is 2.47 bits per heavy atom. The summed E-state index contributed by atoms with van der Waals surface area (Å²) in [7, 11) is 0. The molecule has 0 fully saturated rings. The summed E-state index contributed by atoms with van der Waals surface area (Å²) >= 11 is 0. The molecule has 0 aliphatic carbocycles. The minimum atomic E-state index is 0.414. The third-order valence-corrected chi connectivity index (χ3v) is 3.11. The molecule has 2 nitrogen and oxygen atoms in total. The van der Waals surface area contributed by atoms with E-state index in [1.165, 1.54) is 5.56 Å². The monoisotopic (exact) mass is 254 g/mol. The lowest BCUT2D eigenvalue weighted by atomic mass is 10.0. The first-order valence-corrected chi connectivity index (χ1v) is 6.47. The first-order valence-electron chi connectivity index (χ1n) is 6.47. The summed E-state index contributed by atoms with van der Waals surface area (Å²) in [6, 6.07) is 15.5. The van der Waals surface area contributed by atoms with Crippen LogP contribution in [0.15, 0.2) is 48.5 Å². The molecule has 0 N–H and O–H groups in total. The minimum Gasteiger partial charge on any atom is -0.489 e. The van der Waals surface area contributed by atoms with E-state index in [-0.39, 0.29) is 0 Å². The van der Waals surface area contributed by atoms with E-state index in [1.807, 2.05) is 36.4 Å². The van der Waals surface area contributed by atoms with Crippen molar-refractivity contribution in [3.8, 4) is 5.75 Å². The molecule has 0 unspecified atom stereocenters. The second-order valence-corrected chi connectivity index (χ2v) is 4.80. The zero-order valence-corrected chi connectivity index (χ0v) is 11.3. The molecule has 2 aromatic rings. The van der Waals surface area contributed by atoms with E-state index < -0.39 is 0 Å². The van der Waals surface area contributed by atoms with Crippen LogP contribution in [0.25, 0.3) is 0 Å². The average molecular weight is 254 g/mol. The molecule has 0 saturated heterocycles. The molecule has 0 atom stereocenters. The van der Waals surface area contributed by atoms with Crippen molar-refractivity contribution < 1.29 is 9.53 Å². The Morgan fingerprint density at radius 2 is 1.74 bits per heavy atom. The van der Waals surface area contributed by atoms with E-state index in [1.54, 1.807) is 6.07 Å².